The van der Waals surface area contributed by atoms with E-state index in [-0.39, 0.29) is 10.9 Å². The van der Waals surface area contributed by atoms with Gasteiger partial charge in [0.2, 0.25) is 0 Å². The van der Waals surface area contributed by atoms with Crippen molar-refractivity contribution in [3.8, 4) is 17.0 Å². The summed E-state index contributed by atoms with van der Waals surface area (Å²) in [6.45, 7) is 1.05. The van der Waals surface area contributed by atoms with Gasteiger partial charge in [0.15, 0.2) is 9.84 Å². The Morgan fingerprint density at radius 2 is 1.83 bits per heavy atom. The fourth-order valence-electron chi connectivity index (χ4n) is 2.95. The average Bonchev–Trinajstić information content (AvgIpc) is 3.44. The smallest absolute Gasteiger partial charge is 0.326 e. The van der Waals surface area contributed by atoms with Gasteiger partial charge in [-0.2, -0.15) is 0 Å². The first-order valence-electron chi connectivity index (χ1n) is 9.73. The molecule has 1 aromatic heterocycles. The lowest BCUT2D eigenvalue weighted by Crippen LogP contribution is -2.29. The van der Waals surface area contributed by atoms with Crippen LogP contribution >= 0.6 is 0 Å². The van der Waals surface area contributed by atoms with Crippen LogP contribution in [0.3, 0.4) is 0 Å². The van der Waals surface area contributed by atoms with Crippen molar-refractivity contribution in [2.75, 3.05) is 12.8 Å². The van der Waals surface area contributed by atoms with Crippen molar-refractivity contribution in [1.82, 2.24) is 14.9 Å². The second kappa shape index (κ2) is 8.31. The van der Waals surface area contributed by atoms with Crippen molar-refractivity contribution < 1.29 is 17.9 Å². The third kappa shape index (κ3) is 5.07. The van der Waals surface area contributed by atoms with Crippen molar-refractivity contribution in [3.63, 3.8) is 0 Å². The number of sulfone groups is 1. The second-order valence-electron chi connectivity index (χ2n) is 7.52. The lowest BCUT2D eigenvalue weighted by Gasteiger charge is -2.07. The first-order chi connectivity index (χ1) is 14.4. The molecule has 156 valence electrons. The van der Waals surface area contributed by atoms with Crippen LogP contribution in [0.1, 0.15) is 18.4 Å². The molecule has 0 saturated heterocycles. The summed E-state index contributed by atoms with van der Waals surface area (Å²) in [5.41, 5.74) is 2.47. The molecular weight excluding hydrogens is 402 g/mol. The summed E-state index contributed by atoms with van der Waals surface area (Å²) < 4.78 is 30.3. The van der Waals surface area contributed by atoms with Crippen LogP contribution in [0.5, 0.6) is 5.75 Å². The number of hydrogen-bond donors (Lipinski definition) is 1. The summed E-state index contributed by atoms with van der Waals surface area (Å²) >= 11 is 0. The maximum Gasteiger partial charge on any atom is 0.326 e. The van der Waals surface area contributed by atoms with Gasteiger partial charge in [-0.25, -0.2) is 18.2 Å². The lowest BCUT2D eigenvalue weighted by molar-refractivity contribution is 0.242. The molecule has 1 fully saturated rings. The third-order valence-electron chi connectivity index (χ3n) is 4.96. The molecule has 1 N–H and O–H groups in total. The molecule has 8 heteroatoms. The minimum absolute atomic E-state index is 0.164. The predicted octanol–water partition coefficient (Wildman–Crippen LogP) is 3.50. The quantitative estimate of drug-likeness (QED) is 0.626. The molecule has 0 atom stereocenters. The Morgan fingerprint density at radius 1 is 1.13 bits per heavy atom. The van der Waals surface area contributed by atoms with E-state index in [0.717, 1.165) is 17.7 Å². The highest BCUT2D eigenvalue weighted by molar-refractivity contribution is 7.90. The number of benzene rings is 2. The minimum Gasteiger partial charge on any atom is -0.489 e. The molecule has 2 aromatic carbocycles. The average molecular weight is 426 g/mol. The number of nitrogens with zero attached hydrogens (tertiary/aromatic N) is 2. The molecule has 1 aliphatic carbocycles. The molecule has 4 rings (SSSR count). The van der Waals surface area contributed by atoms with E-state index >= 15 is 0 Å². The van der Waals surface area contributed by atoms with Gasteiger partial charge in [-0.15, -0.1) is 0 Å². The maximum atomic E-state index is 12.1. The number of rotatable bonds is 7. The first kappa shape index (κ1) is 20.2. The standard InChI is InChI=1S/C22H23N3O4S/c1-30(27,28)20-10-4-17(5-11-20)14-29-19-8-6-18(7-9-19)21-13-25(15-24-21)22(26)23-12-16-2-3-16/h4-11,13,15-16H,2-3,12,14H2,1H3,(H,23,26). The Balaban J connectivity index is 1.34. The van der Waals surface area contributed by atoms with Crippen molar-refractivity contribution in [2.24, 2.45) is 5.92 Å². The van der Waals surface area contributed by atoms with Gasteiger partial charge >= 0.3 is 6.03 Å². The number of hydrogen-bond acceptors (Lipinski definition) is 5. The van der Waals surface area contributed by atoms with E-state index in [1.807, 2.05) is 24.3 Å². The van der Waals surface area contributed by atoms with Gasteiger partial charge in [-0.3, -0.25) is 4.57 Å². The SMILES string of the molecule is CS(=O)(=O)c1ccc(COc2ccc(-c3cn(C(=O)NCC4CC4)cn3)cc2)cc1. The van der Waals surface area contributed by atoms with Crippen LogP contribution in [0.2, 0.25) is 0 Å². The third-order valence-corrected chi connectivity index (χ3v) is 6.09. The van der Waals surface area contributed by atoms with Crippen LogP contribution in [0.4, 0.5) is 4.79 Å². The maximum absolute atomic E-state index is 12.1. The lowest BCUT2D eigenvalue weighted by atomic mass is 10.1. The molecule has 1 amide bonds. The summed E-state index contributed by atoms with van der Waals surface area (Å²) in [7, 11) is -3.20. The molecule has 0 aliphatic heterocycles. The number of imidazole rings is 1. The monoisotopic (exact) mass is 425 g/mol. The molecule has 1 saturated carbocycles. The molecule has 0 radical (unpaired) electrons. The van der Waals surface area contributed by atoms with Crippen LogP contribution < -0.4 is 10.1 Å². The summed E-state index contributed by atoms with van der Waals surface area (Å²) in [6, 6.07) is 13.9. The van der Waals surface area contributed by atoms with Gasteiger partial charge in [0.1, 0.15) is 18.7 Å². The van der Waals surface area contributed by atoms with Gasteiger partial charge < -0.3 is 10.1 Å². The van der Waals surface area contributed by atoms with E-state index < -0.39 is 9.84 Å². The molecule has 0 unspecified atom stereocenters. The van der Waals surface area contributed by atoms with Crippen molar-refractivity contribution in [2.45, 2.75) is 24.3 Å². The molecule has 1 aliphatic rings. The van der Waals surface area contributed by atoms with Crippen molar-refractivity contribution in [1.29, 1.82) is 0 Å². The minimum atomic E-state index is -3.20. The van der Waals surface area contributed by atoms with Gasteiger partial charge in [0.25, 0.3) is 0 Å². The Morgan fingerprint density at radius 3 is 2.47 bits per heavy atom. The van der Waals surface area contributed by atoms with E-state index in [1.54, 1.807) is 30.5 Å². The molecule has 30 heavy (non-hydrogen) atoms. The largest absolute Gasteiger partial charge is 0.489 e. The Labute approximate surface area is 175 Å². The summed E-state index contributed by atoms with van der Waals surface area (Å²) in [5, 5.41) is 2.91. The molecule has 0 bridgehead atoms. The number of aromatic nitrogens is 2. The Kier molecular flexibility index (Phi) is 5.59. The molecule has 3 aromatic rings. The second-order valence-corrected chi connectivity index (χ2v) is 9.54. The van der Waals surface area contributed by atoms with Crippen molar-refractivity contribution >= 4 is 15.9 Å². The normalized spacial score (nSPS) is 13.8. The summed E-state index contributed by atoms with van der Waals surface area (Å²) in [6.07, 6.45) is 6.79. The Hall–Kier alpha value is -3.13. The molecule has 0 spiro atoms. The Bertz CT molecular complexity index is 1130. The summed E-state index contributed by atoms with van der Waals surface area (Å²) in [5.74, 6) is 1.31. The van der Waals surface area contributed by atoms with Crippen LogP contribution in [-0.4, -0.2) is 36.8 Å². The van der Waals surface area contributed by atoms with Crippen molar-refractivity contribution in [3.05, 3.63) is 66.6 Å². The van der Waals surface area contributed by atoms with Gasteiger partial charge in [-0.1, -0.05) is 12.1 Å². The zero-order chi connectivity index (χ0) is 21.1. The van der Waals surface area contributed by atoms with E-state index in [9.17, 15) is 13.2 Å². The van der Waals surface area contributed by atoms with E-state index in [0.29, 0.717) is 24.0 Å². The summed E-state index contributed by atoms with van der Waals surface area (Å²) in [4.78, 5) is 16.7. The van der Waals surface area contributed by atoms with Crippen LogP contribution in [0, 0.1) is 5.92 Å². The number of amides is 1. The fraction of sp³-hybridized carbons (Fsp3) is 0.273. The van der Waals surface area contributed by atoms with E-state index in [2.05, 4.69) is 10.3 Å². The number of nitrogens with one attached hydrogen (secondary N) is 1. The van der Waals surface area contributed by atoms with E-state index in [4.69, 9.17) is 4.74 Å². The number of carbonyl (C=O) groups is 1. The number of carbonyl (C=O) groups excluding carboxylic acids is 1. The van der Waals surface area contributed by atoms with Crippen LogP contribution in [0.25, 0.3) is 11.3 Å². The predicted molar refractivity (Wildman–Crippen MR) is 113 cm³/mol. The molecule has 1 heterocycles. The highest BCUT2D eigenvalue weighted by Crippen LogP contribution is 2.27. The zero-order valence-electron chi connectivity index (χ0n) is 16.6. The highest BCUT2D eigenvalue weighted by Gasteiger charge is 2.22. The molecular formula is C22H23N3O4S. The zero-order valence-corrected chi connectivity index (χ0v) is 17.4. The van der Waals surface area contributed by atoms with Gasteiger partial charge in [-0.05, 0) is 60.7 Å². The number of ether oxygens (including phenoxy) is 1. The van der Waals surface area contributed by atoms with Gasteiger partial charge in [0, 0.05) is 24.6 Å². The van der Waals surface area contributed by atoms with E-state index in [1.165, 1.54) is 30.0 Å². The fourth-order valence-corrected chi connectivity index (χ4v) is 3.58. The van der Waals surface area contributed by atoms with Gasteiger partial charge in [0.05, 0.1) is 10.6 Å². The molecule has 7 nitrogen and oxygen atoms in total. The van der Waals surface area contributed by atoms with Crippen LogP contribution in [-0.2, 0) is 16.4 Å². The van der Waals surface area contributed by atoms with Crippen LogP contribution in [0.15, 0.2) is 66.0 Å². The first-order valence-corrected chi connectivity index (χ1v) is 11.6. The highest BCUT2D eigenvalue weighted by atomic mass is 32.2. The topological polar surface area (TPSA) is 90.3 Å².